The Morgan fingerprint density at radius 2 is 2.21 bits per heavy atom. The van der Waals surface area contributed by atoms with Crippen LogP contribution in [0.25, 0.3) is 0 Å². The summed E-state index contributed by atoms with van der Waals surface area (Å²) < 4.78 is 17.0. The molecule has 0 aromatic heterocycles. The second kappa shape index (κ2) is 11.1. The summed E-state index contributed by atoms with van der Waals surface area (Å²) in [6.45, 7) is 0.325. The number of unbranched alkanes of at least 4 members (excludes halogenated alkanes) is 1. The van der Waals surface area contributed by atoms with Crippen LogP contribution in [0.2, 0.25) is 0 Å². The maximum absolute atomic E-state index is 11.7. The van der Waals surface area contributed by atoms with Crippen LogP contribution in [0.5, 0.6) is 5.75 Å². The molecular formula is C10H12BrFOZn. The molecule has 0 atom stereocenters. The fourth-order valence-electron chi connectivity index (χ4n) is 0.853. The van der Waals surface area contributed by atoms with Crippen molar-refractivity contribution in [1.29, 1.82) is 0 Å². The molecule has 0 fully saturated rings. The Balaban J connectivity index is 0.000000791. The molecule has 0 radical (unpaired) electrons. The van der Waals surface area contributed by atoms with Gasteiger partial charge in [0.05, 0.1) is 13.3 Å². The SMILES string of the molecule is FCCCCOc1c[c-]ccc1.[Zn+][Br]. The zero-order valence-electron chi connectivity index (χ0n) is 8.01. The minimum atomic E-state index is -0.260. The third-order valence-corrected chi connectivity index (χ3v) is 1.48. The third-order valence-electron chi connectivity index (χ3n) is 1.48. The molecule has 0 spiro atoms. The van der Waals surface area contributed by atoms with Gasteiger partial charge in [0.15, 0.2) is 0 Å². The number of halogens is 2. The predicted molar refractivity (Wildman–Crippen MR) is 54.9 cm³/mol. The molecule has 74 valence electrons. The average molecular weight is 312 g/mol. The van der Waals surface area contributed by atoms with E-state index >= 15 is 0 Å². The molecule has 0 amide bonds. The molecule has 14 heavy (non-hydrogen) atoms. The van der Waals surface area contributed by atoms with Crippen molar-refractivity contribution in [3.8, 4) is 5.75 Å². The zero-order valence-corrected chi connectivity index (χ0v) is 12.6. The van der Waals surface area contributed by atoms with Crippen LogP contribution in [0.1, 0.15) is 12.8 Å². The fourth-order valence-corrected chi connectivity index (χ4v) is 0.853. The van der Waals surface area contributed by atoms with E-state index in [1.165, 1.54) is 16.3 Å². The minimum absolute atomic E-state index is 0.260. The number of hydrogen-bond acceptors (Lipinski definition) is 1. The molecule has 0 saturated heterocycles. The average Bonchev–Trinajstić information content (AvgIpc) is 2.29. The van der Waals surface area contributed by atoms with Gasteiger partial charge >= 0.3 is 30.0 Å². The topological polar surface area (TPSA) is 9.23 Å². The van der Waals surface area contributed by atoms with Gasteiger partial charge in [0.1, 0.15) is 0 Å². The first-order valence-electron chi connectivity index (χ1n) is 4.35. The van der Waals surface area contributed by atoms with Gasteiger partial charge in [-0.25, -0.2) is 0 Å². The molecule has 0 aliphatic rings. The van der Waals surface area contributed by atoms with Crippen LogP contribution in [0.3, 0.4) is 0 Å². The standard InChI is InChI=1S/C10H12FO.BrH.Zn/c11-8-4-5-9-12-10-6-2-1-3-7-10;;/h1-2,6-7H,4-5,8-9H2;1H;/q-1;;+2/p-1. The van der Waals surface area contributed by atoms with Crippen LogP contribution in [0.4, 0.5) is 4.39 Å². The normalized spacial score (nSPS) is 8.86. The maximum atomic E-state index is 11.7. The van der Waals surface area contributed by atoms with E-state index in [4.69, 9.17) is 4.74 Å². The summed E-state index contributed by atoms with van der Waals surface area (Å²) in [6.07, 6.45) is 1.35. The molecule has 0 aliphatic heterocycles. The molecule has 1 aromatic carbocycles. The summed E-state index contributed by atoms with van der Waals surface area (Å²) in [5.74, 6) is 0.802. The number of hydrogen-bond donors (Lipinski definition) is 0. The van der Waals surface area contributed by atoms with Gasteiger partial charge in [0.25, 0.3) is 0 Å². The fraction of sp³-hybridized carbons (Fsp3) is 0.400. The Hall–Kier alpha value is 0.0534. The van der Waals surface area contributed by atoms with Crippen LogP contribution in [0.15, 0.2) is 24.3 Å². The van der Waals surface area contributed by atoms with Crippen molar-refractivity contribution in [2.45, 2.75) is 12.8 Å². The molecule has 4 heteroatoms. The van der Waals surface area contributed by atoms with Crippen molar-refractivity contribution >= 4 is 13.6 Å². The van der Waals surface area contributed by atoms with E-state index in [0.29, 0.717) is 13.0 Å². The molecule has 1 rings (SSSR count). The van der Waals surface area contributed by atoms with E-state index < -0.39 is 0 Å². The monoisotopic (exact) mass is 310 g/mol. The van der Waals surface area contributed by atoms with E-state index in [9.17, 15) is 4.39 Å². The van der Waals surface area contributed by atoms with Crippen molar-refractivity contribution in [3.05, 3.63) is 30.3 Å². The van der Waals surface area contributed by atoms with Crippen molar-refractivity contribution in [2.24, 2.45) is 0 Å². The Kier molecular flexibility index (Phi) is 11.2. The van der Waals surface area contributed by atoms with E-state index in [1.54, 1.807) is 6.07 Å². The van der Waals surface area contributed by atoms with E-state index in [-0.39, 0.29) is 6.67 Å². The van der Waals surface area contributed by atoms with Gasteiger partial charge in [-0.1, -0.05) is 0 Å². The molecule has 0 bridgehead atoms. The summed E-state index contributed by atoms with van der Waals surface area (Å²) >= 11 is 4.25. The summed E-state index contributed by atoms with van der Waals surface area (Å²) in [5.41, 5.74) is 0. The summed E-state index contributed by atoms with van der Waals surface area (Å²) in [5, 5.41) is 0. The van der Waals surface area contributed by atoms with E-state index in [2.05, 4.69) is 19.7 Å². The van der Waals surface area contributed by atoms with Crippen LogP contribution >= 0.6 is 13.6 Å². The first kappa shape index (κ1) is 14.1. The molecule has 0 heterocycles. The Bertz CT molecular complexity index is 209. The second-order valence-electron chi connectivity index (χ2n) is 2.48. The first-order chi connectivity index (χ1) is 6.93. The van der Waals surface area contributed by atoms with Crippen molar-refractivity contribution in [1.82, 2.24) is 0 Å². The zero-order chi connectivity index (χ0) is 10.6. The van der Waals surface area contributed by atoms with Crippen LogP contribution in [0, 0.1) is 6.07 Å². The van der Waals surface area contributed by atoms with Gasteiger partial charge in [0.2, 0.25) is 0 Å². The van der Waals surface area contributed by atoms with Gasteiger partial charge in [0, 0.05) is 5.75 Å². The van der Waals surface area contributed by atoms with Crippen LogP contribution < -0.4 is 4.74 Å². The predicted octanol–water partition coefficient (Wildman–Crippen LogP) is 3.46. The molecule has 0 saturated carbocycles. The number of alkyl halides is 1. The molecule has 0 unspecified atom stereocenters. The Morgan fingerprint density at radius 1 is 1.43 bits per heavy atom. The third kappa shape index (κ3) is 7.46. The summed E-state index contributed by atoms with van der Waals surface area (Å²) in [7, 11) is 0. The van der Waals surface area contributed by atoms with Gasteiger partial charge < -0.3 is 4.74 Å². The van der Waals surface area contributed by atoms with E-state index in [0.717, 1.165) is 12.2 Å². The molecule has 0 N–H and O–H groups in total. The summed E-state index contributed by atoms with van der Waals surface area (Å²) in [4.78, 5) is 0. The Labute approximate surface area is 101 Å². The van der Waals surface area contributed by atoms with Crippen molar-refractivity contribution in [3.63, 3.8) is 0 Å². The molecule has 1 nitrogen and oxygen atoms in total. The Morgan fingerprint density at radius 3 is 2.79 bits per heavy atom. The molecular weight excluding hydrogens is 300 g/mol. The van der Waals surface area contributed by atoms with Gasteiger partial charge in [-0.15, -0.1) is 12.1 Å². The van der Waals surface area contributed by atoms with Gasteiger partial charge in [-0.3, -0.25) is 4.39 Å². The van der Waals surface area contributed by atoms with Crippen molar-refractivity contribution < 1.29 is 25.5 Å². The van der Waals surface area contributed by atoms with Crippen LogP contribution in [-0.4, -0.2) is 13.3 Å². The van der Waals surface area contributed by atoms with Gasteiger partial charge in [-0.2, -0.15) is 18.2 Å². The quantitative estimate of drug-likeness (QED) is 0.460. The van der Waals surface area contributed by atoms with Crippen molar-refractivity contribution in [2.75, 3.05) is 13.3 Å². The van der Waals surface area contributed by atoms with Gasteiger partial charge in [-0.05, 0) is 12.8 Å². The van der Waals surface area contributed by atoms with E-state index in [1.807, 2.05) is 18.2 Å². The number of rotatable bonds is 5. The summed E-state index contributed by atoms with van der Waals surface area (Å²) in [6, 6.07) is 10.2. The first-order valence-corrected chi connectivity index (χ1v) is 11.3. The van der Waals surface area contributed by atoms with Crippen LogP contribution in [-0.2, 0) is 16.3 Å². The molecule has 0 aliphatic carbocycles. The second-order valence-corrected chi connectivity index (χ2v) is 2.48. The number of benzene rings is 1. The number of ether oxygens (including phenoxy) is 1. The molecule has 1 aromatic rings.